The molecule has 0 unspecified atom stereocenters. The Morgan fingerprint density at radius 2 is 2.00 bits per heavy atom. The smallest absolute Gasteiger partial charge is 0.422 e. The van der Waals surface area contributed by atoms with Gasteiger partial charge in [-0.15, -0.1) is 0 Å². The molecule has 0 bridgehead atoms. The molecule has 2 aromatic heterocycles. The van der Waals surface area contributed by atoms with Crippen LogP contribution in [0.5, 0.6) is 11.5 Å². The summed E-state index contributed by atoms with van der Waals surface area (Å²) in [5.41, 5.74) is 1.44. The lowest BCUT2D eigenvalue weighted by Crippen LogP contribution is -2.35. The van der Waals surface area contributed by atoms with Gasteiger partial charge in [-0.1, -0.05) is 6.07 Å². The third-order valence-corrected chi connectivity index (χ3v) is 4.36. The van der Waals surface area contributed by atoms with Crippen molar-refractivity contribution in [1.82, 2.24) is 25.1 Å². The summed E-state index contributed by atoms with van der Waals surface area (Å²) >= 11 is 0. The predicted octanol–water partition coefficient (Wildman–Crippen LogP) is 2.70. The SMILES string of the molecule is COc1cccc(OCC(F)(F)F)c1-c1nccc(-c2cc3n(n2)CCNC3=O)n1. The first-order valence-corrected chi connectivity index (χ1v) is 8.92. The number of carbonyl (C=O) groups is 1. The maximum Gasteiger partial charge on any atom is 0.422 e. The summed E-state index contributed by atoms with van der Waals surface area (Å²) in [6, 6.07) is 7.68. The van der Waals surface area contributed by atoms with Crippen molar-refractivity contribution in [3.8, 4) is 34.3 Å². The van der Waals surface area contributed by atoms with Crippen LogP contribution in [0, 0.1) is 0 Å². The van der Waals surface area contributed by atoms with Gasteiger partial charge in [0, 0.05) is 12.7 Å². The first kappa shape index (κ1) is 19.7. The number of aromatic nitrogens is 4. The van der Waals surface area contributed by atoms with Gasteiger partial charge in [0.1, 0.15) is 28.5 Å². The maximum atomic E-state index is 12.7. The molecule has 1 aliphatic heterocycles. The minimum absolute atomic E-state index is 0.0627. The lowest BCUT2D eigenvalue weighted by atomic mass is 10.1. The van der Waals surface area contributed by atoms with E-state index in [4.69, 9.17) is 9.47 Å². The Bertz CT molecular complexity index is 1100. The van der Waals surface area contributed by atoms with E-state index in [-0.39, 0.29) is 28.8 Å². The Morgan fingerprint density at radius 3 is 2.73 bits per heavy atom. The van der Waals surface area contributed by atoms with Crippen LogP contribution in [0.3, 0.4) is 0 Å². The molecule has 1 aliphatic rings. The number of nitrogens with one attached hydrogen (secondary N) is 1. The zero-order valence-electron chi connectivity index (χ0n) is 15.7. The Balaban J connectivity index is 1.75. The van der Waals surface area contributed by atoms with Gasteiger partial charge in [0.2, 0.25) is 0 Å². The van der Waals surface area contributed by atoms with Crippen LogP contribution in [0.15, 0.2) is 36.5 Å². The van der Waals surface area contributed by atoms with Gasteiger partial charge in [0.25, 0.3) is 5.91 Å². The number of carbonyl (C=O) groups excluding carboxylic acids is 1. The average molecular weight is 419 g/mol. The summed E-state index contributed by atoms with van der Waals surface area (Å²) in [5, 5.41) is 7.13. The van der Waals surface area contributed by atoms with Gasteiger partial charge in [-0.3, -0.25) is 9.48 Å². The minimum atomic E-state index is -4.50. The van der Waals surface area contributed by atoms with Crippen molar-refractivity contribution in [2.75, 3.05) is 20.3 Å². The van der Waals surface area contributed by atoms with Gasteiger partial charge in [0.15, 0.2) is 12.4 Å². The highest BCUT2D eigenvalue weighted by molar-refractivity contribution is 5.94. The zero-order chi connectivity index (χ0) is 21.3. The quantitative estimate of drug-likeness (QED) is 0.684. The second-order valence-electron chi connectivity index (χ2n) is 6.40. The number of alkyl halides is 3. The van der Waals surface area contributed by atoms with Crippen LogP contribution < -0.4 is 14.8 Å². The standard InChI is InChI=1S/C19H16F3N5O3/c1-29-14-3-2-4-15(30-10-19(20,21)22)16(14)17-23-6-5-11(25-17)12-9-13-18(28)24-7-8-27(13)26-12/h2-6,9H,7-8,10H2,1H3,(H,24,28). The molecule has 3 heterocycles. The average Bonchev–Trinajstić information content (AvgIpc) is 3.17. The van der Waals surface area contributed by atoms with Gasteiger partial charge >= 0.3 is 6.18 Å². The zero-order valence-corrected chi connectivity index (χ0v) is 15.7. The normalized spacial score (nSPS) is 13.5. The molecule has 4 rings (SSSR count). The van der Waals surface area contributed by atoms with E-state index in [0.717, 1.165) is 0 Å². The van der Waals surface area contributed by atoms with Crippen molar-refractivity contribution in [2.24, 2.45) is 0 Å². The molecule has 1 aromatic carbocycles. The molecule has 0 aliphatic carbocycles. The Hall–Kier alpha value is -3.63. The van der Waals surface area contributed by atoms with Gasteiger partial charge < -0.3 is 14.8 Å². The molecule has 11 heteroatoms. The summed E-state index contributed by atoms with van der Waals surface area (Å²) < 4.78 is 49.8. The second kappa shape index (κ2) is 7.65. The summed E-state index contributed by atoms with van der Waals surface area (Å²) in [5.74, 6) is 0.0714. The van der Waals surface area contributed by atoms with E-state index in [1.54, 1.807) is 22.9 Å². The number of hydrogen-bond donors (Lipinski definition) is 1. The number of hydrogen-bond acceptors (Lipinski definition) is 6. The first-order valence-electron chi connectivity index (χ1n) is 8.92. The number of fused-ring (bicyclic) bond motifs is 1. The van der Waals surface area contributed by atoms with Gasteiger partial charge in [-0.2, -0.15) is 18.3 Å². The topological polar surface area (TPSA) is 91.2 Å². The van der Waals surface area contributed by atoms with Crippen molar-refractivity contribution in [2.45, 2.75) is 12.7 Å². The van der Waals surface area contributed by atoms with Crippen LogP contribution in [0.4, 0.5) is 13.2 Å². The molecule has 1 N–H and O–H groups in total. The Morgan fingerprint density at radius 1 is 1.20 bits per heavy atom. The lowest BCUT2D eigenvalue weighted by molar-refractivity contribution is -0.153. The molecule has 0 fully saturated rings. The minimum Gasteiger partial charge on any atom is -0.496 e. The summed E-state index contributed by atoms with van der Waals surface area (Å²) in [4.78, 5) is 20.6. The number of ether oxygens (including phenoxy) is 2. The van der Waals surface area contributed by atoms with E-state index < -0.39 is 12.8 Å². The number of rotatable bonds is 5. The van der Waals surface area contributed by atoms with Gasteiger partial charge in [-0.25, -0.2) is 9.97 Å². The number of nitrogens with zero attached hydrogens (tertiary/aromatic N) is 4. The van der Waals surface area contributed by atoms with E-state index in [2.05, 4.69) is 20.4 Å². The molecule has 0 saturated heterocycles. The summed E-state index contributed by atoms with van der Waals surface area (Å²) in [7, 11) is 1.39. The summed E-state index contributed by atoms with van der Waals surface area (Å²) in [6.45, 7) is -0.459. The molecule has 0 radical (unpaired) electrons. The van der Waals surface area contributed by atoms with Gasteiger partial charge in [0.05, 0.1) is 19.3 Å². The Kier molecular flexibility index (Phi) is 5.02. The third kappa shape index (κ3) is 3.91. The van der Waals surface area contributed by atoms with Crippen LogP contribution in [0.25, 0.3) is 22.8 Å². The van der Waals surface area contributed by atoms with Crippen LogP contribution in [-0.2, 0) is 6.54 Å². The summed E-state index contributed by atoms with van der Waals surface area (Å²) in [6.07, 6.45) is -3.05. The molecule has 0 saturated carbocycles. The van der Waals surface area contributed by atoms with E-state index in [9.17, 15) is 18.0 Å². The largest absolute Gasteiger partial charge is 0.496 e. The molecule has 0 atom stereocenters. The van der Waals surface area contributed by atoms with Gasteiger partial charge in [-0.05, 0) is 24.3 Å². The van der Waals surface area contributed by atoms with Crippen molar-refractivity contribution < 1.29 is 27.4 Å². The van der Waals surface area contributed by atoms with Crippen LogP contribution in [-0.4, -0.2) is 52.1 Å². The Labute approximate surface area is 168 Å². The molecule has 8 nitrogen and oxygen atoms in total. The highest BCUT2D eigenvalue weighted by atomic mass is 19.4. The number of halogens is 3. The molecular weight excluding hydrogens is 403 g/mol. The fourth-order valence-electron chi connectivity index (χ4n) is 3.06. The van der Waals surface area contributed by atoms with Crippen molar-refractivity contribution >= 4 is 5.91 Å². The van der Waals surface area contributed by atoms with Crippen LogP contribution in [0.2, 0.25) is 0 Å². The number of amides is 1. The van der Waals surface area contributed by atoms with Crippen molar-refractivity contribution in [1.29, 1.82) is 0 Å². The van der Waals surface area contributed by atoms with E-state index in [0.29, 0.717) is 30.2 Å². The fraction of sp³-hybridized carbons (Fsp3) is 0.263. The van der Waals surface area contributed by atoms with Crippen LogP contribution >= 0.6 is 0 Å². The molecular formula is C19H16F3N5O3. The molecule has 3 aromatic rings. The van der Waals surface area contributed by atoms with Crippen molar-refractivity contribution in [3.63, 3.8) is 0 Å². The highest BCUT2D eigenvalue weighted by Gasteiger charge is 2.30. The van der Waals surface area contributed by atoms with E-state index in [1.807, 2.05) is 0 Å². The van der Waals surface area contributed by atoms with Crippen molar-refractivity contribution in [3.05, 3.63) is 42.2 Å². The fourth-order valence-corrected chi connectivity index (χ4v) is 3.06. The number of benzene rings is 1. The van der Waals surface area contributed by atoms with E-state index in [1.165, 1.54) is 25.4 Å². The maximum absolute atomic E-state index is 12.7. The molecule has 156 valence electrons. The molecule has 1 amide bonds. The molecule has 0 spiro atoms. The van der Waals surface area contributed by atoms with E-state index >= 15 is 0 Å². The highest BCUT2D eigenvalue weighted by Crippen LogP contribution is 2.37. The van der Waals surface area contributed by atoms with Crippen LogP contribution in [0.1, 0.15) is 10.5 Å². The number of methoxy groups -OCH3 is 1. The first-order chi connectivity index (χ1) is 14.4. The lowest BCUT2D eigenvalue weighted by Gasteiger charge is -2.15. The monoisotopic (exact) mass is 419 g/mol. The third-order valence-electron chi connectivity index (χ3n) is 4.36. The second-order valence-corrected chi connectivity index (χ2v) is 6.40. The molecule has 30 heavy (non-hydrogen) atoms. The predicted molar refractivity (Wildman–Crippen MR) is 99.1 cm³/mol.